The minimum absolute atomic E-state index is 1.62. The van der Waals surface area contributed by atoms with E-state index in [1.807, 2.05) is 24.5 Å². The first-order chi connectivity index (χ1) is 3.43. The van der Waals surface area contributed by atoms with Crippen LogP contribution in [0.4, 0.5) is 0 Å². The fraction of sp³-hybridized carbons (Fsp3) is 0.200. The van der Waals surface area contributed by atoms with Gasteiger partial charge in [-0.05, 0) is 12.1 Å². The van der Waals surface area contributed by atoms with Crippen molar-refractivity contribution in [2.45, 2.75) is 0 Å². The maximum absolute atomic E-state index is 4.77. The van der Waals surface area contributed by atoms with E-state index in [9.17, 15) is 0 Å². The van der Waals surface area contributed by atoms with Gasteiger partial charge in [-0.25, -0.2) is 0 Å². The molecule has 0 amide bonds. The molecule has 2 nitrogen and oxygen atoms in total. The van der Waals surface area contributed by atoms with Crippen LogP contribution in [-0.4, -0.2) is 11.8 Å². The molecule has 0 atom stereocenters. The lowest BCUT2D eigenvalue weighted by Gasteiger charge is -1.94. The topological polar surface area (TPSA) is 14.2 Å². The van der Waals surface area contributed by atoms with E-state index >= 15 is 0 Å². The standard InChI is InChI=1S/C5H7NO/c1-7-6-4-2-3-5-6/h2-5H,1H3. The summed E-state index contributed by atoms with van der Waals surface area (Å²) in [6, 6.07) is 3.81. The normalized spacial score (nSPS) is 8.71. The molecule has 2 heteroatoms. The van der Waals surface area contributed by atoms with Crippen LogP contribution in [0.5, 0.6) is 0 Å². The number of hydrogen-bond acceptors (Lipinski definition) is 1. The highest BCUT2D eigenvalue weighted by atomic mass is 16.6. The van der Waals surface area contributed by atoms with Crippen LogP contribution in [0, 0.1) is 0 Å². The van der Waals surface area contributed by atoms with Crippen LogP contribution < -0.4 is 4.84 Å². The molecule has 0 bridgehead atoms. The zero-order valence-corrected chi connectivity index (χ0v) is 4.16. The van der Waals surface area contributed by atoms with Gasteiger partial charge in [0, 0.05) is 12.4 Å². The SMILES string of the molecule is COn1cccc1. The van der Waals surface area contributed by atoms with Gasteiger partial charge in [0.15, 0.2) is 0 Å². The summed E-state index contributed by atoms with van der Waals surface area (Å²) in [6.07, 6.45) is 3.67. The first-order valence-corrected chi connectivity index (χ1v) is 2.11. The number of aromatic nitrogens is 1. The van der Waals surface area contributed by atoms with Gasteiger partial charge in [0.2, 0.25) is 0 Å². The van der Waals surface area contributed by atoms with E-state index in [2.05, 4.69) is 0 Å². The minimum atomic E-state index is 1.62. The first kappa shape index (κ1) is 4.24. The Hall–Kier alpha value is -0.920. The molecule has 0 spiro atoms. The van der Waals surface area contributed by atoms with Gasteiger partial charge in [-0.1, -0.05) is 0 Å². The fourth-order valence-corrected chi connectivity index (χ4v) is 0.440. The van der Waals surface area contributed by atoms with Crippen LogP contribution in [0.15, 0.2) is 24.5 Å². The van der Waals surface area contributed by atoms with Crippen molar-refractivity contribution in [3.05, 3.63) is 24.5 Å². The molecule has 0 saturated heterocycles. The second-order valence-corrected chi connectivity index (χ2v) is 1.23. The molecule has 0 N–H and O–H groups in total. The van der Waals surface area contributed by atoms with Crippen molar-refractivity contribution >= 4 is 0 Å². The molecule has 0 unspecified atom stereocenters. The van der Waals surface area contributed by atoms with Crippen LogP contribution >= 0.6 is 0 Å². The van der Waals surface area contributed by atoms with Crippen molar-refractivity contribution in [1.82, 2.24) is 4.73 Å². The minimum Gasteiger partial charge on any atom is -0.418 e. The summed E-state index contributed by atoms with van der Waals surface area (Å²) in [6.45, 7) is 0. The molecular weight excluding hydrogens is 90.1 g/mol. The Balaban J connectivity index is 2.76. The van der Waals surface area contributed by atoms with Gasteiger partial charge in [-0.15, -0.1) is 0 Å². The predicted octanol–water partition coefficient (Wildman–Crippen LogP) is 0.546. The zero-order chi connectivity index (χ0) is 5.11. The third-order valence-corrected chi connectivity index (χ3v) is 0.788. The van der Waals surface area contributed by atoms with Crippen molar-refractivity contribution in [2.24, 2.45) is 0 Å². The van der Waals surface area contributed by atoms with E-state index in [4.69, 9.17) is 4.84 Å². The maximum atomic E-state index is 4.77. The summed E-state index contributed by atoms with van der Waals surface area (Å²) in [7, 11) is 1.62. The predicted molar refractivity (Wildman–Crippen MR) is 26.9 cm³/mol. The molecule has 0 aromatic carbocycles. The van der Waals surface area contributed by atoms with Crippen LogP contribution in [-0.2, 0) is 0 Å². The summed E-state index contributed by atoms with van der Waals surface area (Å²) in [5.74, 6) is 0. The molecule has 7 heavy (non-hydrogen) atoms. The Morgan fingerprint density at radius 1 is 1.29 bits per heavy atom. The Kier molecular flexibility index (Phi) is 1.02. The average Bonchev–Trinajstić information content (AvgIpc) is 2.14. The third-order valence-electron chi connectivity index (χ3n) is 0.788. The highest BCUT2D eigenvalue weighted by molar-refractivity contribution is 4.87. The lowest BCUT2D eigenvalue weighted by Crippen LogP contribution is -2.00. The Morgan fingerprint density at radius 3 is 2.14 bits per heavy atom. The largest absolute Gasteiger partial charge is 0.418 e. The van der Waals surface area contributed by atoms with E-state index < -0.39 is 0 Å². The highest BCUT2D eigenvalue weighted by Gasteiger charge is 1.75. The summed E-state index contributed by atoms with van der Waals surface area (Å²) in [5, 5.41) is 0. The lowest BCUT2D eigenvalue weighted by atomic mass is 10.7. The van der Waals surface area contributed by atoms with Gasteiger partial charge in [-0.3, -0.25) is 0 Å². The number of rotatable bonds is 1. The smallest absolute Gasteiger partial charge is 0.104 e. The molecule has 1 rings (SSSR count). The van der Waals surface area contributed by atoms with Gasteiger partial charge in [0.1, 0.15) is 7.11 Å². The Morgan fingerprint density at radius 2 is 1.86 bits per heavy atom. The van der Waals surface area contributed by atoms with Crippen molar-refractivity contribution in [1.29, 1.82) is 0 Å². The molecule has 0 aliphatic carbocycles. The van der Waals surface area contributed by atoms with E-state index in [-0.39, 0.29) is 0 Å². The van der Waals surface area contributed by atoms with Crippen molar-refractivity contribution in [3.8, 4) is 0 Å². The maximum Gasteiger partial charge on any atom is 0.104 e. The molecule has 1 aromatic heterocycles. The number of nitrogens with zero attached hydrogens (tertiary/aromatic N) is 1. The zero-order valence-electron chi connectivity index (χ0n) is 4.16. The molecule has 0 radical (unpaired) electrons. The highest BCUT2D eigenvalue weighted by Crippen LogP contribution is 1.81. The molecule has 38 valence electrons. The molecule has 1 heterocycles. The first-order valence-electron chi connectivity index (χ1n) is 2.11. The quantitative estimate of drug-likeness (QED) is 0.499. The van der Waals surface area contributed by atoms with Gasteiger partial charge in [0.25, 0.3) is 0 Å². The Labute approximate surface area is 42.3 Å². The second-order valence-electron chi connectivity index (χ2n) is 1.23. The molecule has 1 aromatic rings. The van der Waals surface area contributed by atoms with Crippen molar-refractivity contribution < 1.29 is 4.84 Å². The second kappa shape index (κ2) is 1.69. The molecule has 0 saturated carbocycles. The van der Waals surface area contributed by atoms with Crippen molar-refractivity contribution in [2.75, 3.05) is 7.11 Å². The van der Waals surface area contributed by atoms with Crippen molar-refractivity contribution in [3.63, 3.8) is 0 Å². The molecular formula is C5H7NO. The summed E-state index contributed by atoms with van der Waals surface area (Å²) < 4.78 is 1.62. The molecule has 0 aliphatic heterocycles. The van der Waals surface area contributed by atoms with Crippen LogP contribution in [0.2, 0.25) is 0 Å². The summed E-state index contributed by atoms with van der Waals surface area (Å²) >= 11 is 0. The van der Waals surface area contributed by atoms with Crippen LogP contribution in [0.1, 0.15) is 0 Å². The van der Waals surface area contributed by atoms with Crippen LogP contribution in [0.3, 0.4) is 0 Å². The van der Waals surface area contributed by atoms with E-state index in [0.29, 0.717) is 0 Å². The fourth-order valence-electron chi connectivity index (χ4n) is 0.440. The lowest BCUT2D eigenvalue weighted by molar-refractivity contribution is 0.168. The van der Waals surface area contributed by atoms with E-state index in [1.54, 1.807) is 11.8 Å². The molecule has 0 aliphatic rings. The monoisotopic (exact) mass is 97.1 g/mol. The van der Waals surface area contributed by atoms with Gasteiger partial charge in [-0.2, -0.15) is 4.73 Å². The molecule has 0 fully saturated rings. The van der Waals surface area contributed by atoms with E-state index in [1.165, 1.54) is 0 Å². The summed E-state index contributed by atoms with van der Waals surface area (Å²) in [4.78, 5) is 4.77. The Bertz CT molecular complexity index is 123. The average molecular weight is 97.1 g/mol. The van der Waals surface area contributed by atoms with Gasteiger partial charge >= 0.3 is 0 Å². The summed E-state index contributed by atoms with van der Waals surface area (Å²) in [5.41, 5.74) is 0. The van der Waals surface area contributed by atoms with E-state index in [0.717, 1.165) is 0 Å². The van der Waals surface area contributed by atoms with Gasteiger partial charge in [0.05, 0.1) is 0 Å². The van der Waals surface area contributed by atoms with Gasteiger partial charge < -0.3 is 4.84 Å². The number of hydrogen-bond donors (Lipinski definition) is 0. The van der Waals surface area contributed by atoms with Crippen LogP contribution in [0.25, 0.3) is 0 Å². The third kappa shape index (κ3) is 0.738.